The summed E-state index contributed by atoms with van der Waals surface area (Å²) in [5.74, 6) is 2.56. The lowest BCUT2D eigenvalue weighted by molar-refractivity contribution is 0.263. The van der Waals surface area contributed by atoms with Gasteiger partial charge in [0.15, 0.2) is 0 Å². The molecule has 1 atom stereocenters. The van der Waals surface area contributed by atoms with Crippen molar-refractivity contribution in [1.29, 1.82) is 0 Å². The summed E-state index contributed by atoms with van der Waals surface area (Å²) in [7, 11) is 0. The SMILES string of the molecule is C=CCN(CC1CSCCN1)C1CC1. The van der Waals surface area contributed by atoms with E-state index in [9.17, 15) is 0 Å². The molecule has 0 aromatic carbocycles. The Morgan fingerprint density at radius 2 is 2.36 bits per heavy atom. The number of nitrogens with zero attached hydrogens (tertiary/aromatic N) is 1. The van der Waals surface area contributed by atoms with Crippen LogP contribution in [-0.4, -0.2) is 48.1 Å². The van der Waals surface area contributed by atoms with Gasteiger partial charge in [-0.15, -0.1) is 6.58 Å². The fourth-order valence-electron chi connectivity index (χ4n) is 2.00. The fraction of sp³-hybridized carbons (Fsp3) is 0.818. The van der Waals surface area contributed by atoms with Crippen molar-refractivity contribution >= 4 is 11.8 Å². The Labute approximate surface area is 91.1 Å². The topological polar surface area (TPSA) is 15.3 Å². The zero-order valence-corrected chi connectivity index (χ0v) is 9.56. The maximum Gasteiger partial charge on any atom is 0.0286 e. The van der Waals surface area contributed by atoms with E-state index in [0.29, 0.717) is 6.04 Å². The lowest BCUT2D eigenvalue weighted by atomic mass is 10.3. The molecule has 0 radical (unpaired) electrons. The van der Waals surface area contributed by atoms with Crippen molar-refractivity contribution in [2.45, 2.75) is 24.9 Å². The Morgan fingerprint density at radius 1 is 1.50 bits per heavy atom. The summed E-state index contributed by atoms with van der Waals surface area (Å²) in [5.41, 5.74) is 0. The highest BCUT2D eigenvalue weighted by Crippen LogP contribution is 2.27. The van der Waals surface area contributed by atoms with Gasteiger partial charge in [0.05, 0.1) is 0 Å². The minimum absolute atomic E-state index is 0.703. The number of hydrogen-bond donors (Lipinski definition) is 1. The molecule has 1 saturated heterocycles. The predicted octanol–water partition coefficient (Wildman–Crippen LogP) is 1.34. The standard InChI is InChI=1S/C11H20N2S/c1-2-6-13(11-3-4-11)8-10-9-14-7-5-12-10/h2,10-12H,1,3-9H2. The smallest absolute Gasteiger partial charge is 0.0286 e. The zero-order valence-electron chi connectivity index (χ0n) is 8.74. The Balaban J connectivity index is 1.76. The monoisotopic (exact) mass is 212 g/mol. The van der Waals surface area contributed by atoms with E-state index in [1.165, 1.54) is 37.4 Å². The molecule has 3 heteroatoms. The van der Waals surface area contributed by atoms with E-state index in [0.717, 1.165) is 12.6 Å². The van der Waals surface area contributed by atoms with Crippen LogP contribution in [0.4, 0.5) is 0 Å². The van der Waals surface area contributed by atoms with Crippen LogP contribution >= 0.6 is 11.8 Å². The van der Waals surface area contributed by atoms with Crippen molar-refractivity contribution in [2.75, 3.05) is 31.1 Å². The molecule has 2 aliphatic rings. The van der Waals surface area contributed by atoms with Crippen LogP contribution in [0.3, 0.4) is 0 Å². The first kappa shape index (κ1) is 10.5. The molecule has 2 fully saturated rings. The van der Waals surface area contributed by atoms with Crippen LogP contribution in [0.25, 0.3) is 0 Å². The van der Waals surface area contributed by atoms with Crippen molar-refractivity contribution in [1.82, 2.24) is 10.2 Å². The number of rotatable bonds is 5. The highest BCUT2D eigenvalue weighted by atomic mass is 32.2. The first-order valence-corrected chi connectivity index (χ1v) is 6.71. The van der Waals surface area contributed by atoms with Gasteiger partial charge in [-0.1, -0.05) is 6.08 Å². The van der Waals surface area contributed by atoms with Crippen LogP contribution < -0.4 is 5.32 Å². The molecule has 80 valence electrons. The lowest BCUT2D eigenvalue weighted by Gasteiger charge is -2.29. The largest absolute Gasteiger partial charge is 0.311 e. The predicted molar refractivity (Wildman–Crippen MR) is 63.9 cm³/mol. The molecule has 0 aromatic rings. The van der Waals surface area contributed by atoms with Crippen molar-refractivity contribution in [3.05, 3.63) is 12.7 Å². The Bertz CT molecular complexity index is 186. The number of thioether (sulfide) groups is 1. The summed E-state index contributed by atoms with van der Waals surface area (Å²) in [4.78, 5) is 2.58. The fourth-order valence-corrected chi connectivity index (χ4v) is 2.93. The van der Waals surface area contributed by atoms with Gasteiger partial charge in [0, 0.05) is 43.2 Å². The average molecular weight is 212 g/mol. The van der Waals surface area contributed by atoms with Crippen LogP contribution in [0.1, 0.15) is 12.8 Å². The van der Waals surface area contributed by atoms with Crippen LogP contribution in [0.5, 0.6) is 0 Å². The highest BCUT2D eigenvalue weighted by Gasteiger charge is 2.29. The van der Waals surface area contributed by atoms with Gasteiger partial charge in [0.2, 0.25) is 0 Å². The summed E-state index contributed by atoms with van der Waals surface area (Å²) < 4.78 is 0. The van der Waals surface area contributed by atoms with Crippen LogP contribution in [0, 0.1) is 0 Å². The van der Waals surface area contributed by atoms with E-state index >= 15 is 0 Å². The van der Waals surface area contributed by atoms with Gasteiger partial charge in [0.25, 0.3) is 0 Å². The van der Waals surface area contributed by atoms with E-state index in [2.05, 4.69) is 28.6 Å². The van der Waals surface area contributed by atoms with Gasteiger partial charge < -0.3 is 5.32 Å². The third kappa shape index (κ3) is 3.01. The maximum absolute atomic E-state index is 3.84. The minimum atomic E-state index is 0.703. The second-order valence-electron chi connectivity index (χ2n) is 4.20. The normalized spacial score (nSPS) is 27.9. The third-order valence-electron chi connectivity index (χ3n) is 2.88. The van der Waals surface area contributed by atoms with Gasteiger partial charge in [0.1, 0.15) is 0 Å². The van der Waals surface area contributed by atoms with Gasteiger partial charge in [-0.25, -0.2) is 0 Å². The molecule has 1 N–H and O–H groups in total. The van der Waals surface area contributed by atoms with Crippen LogP contribution in [0.2, 0.25) is 0 Å². The molecule has 1 unspecified atom stereocenters. The van der Waals surface area contributed by atoms with Crippen LogP contribution in [-0.2, 0) is 0 Å². The van der Waals surface area contributed by atoms with E-state index < -0.39 is 0 Å². The van der Waals surface area contributed by atoms with Gasteiger partial charge in [-0.2, -0.15) is 11.8 Å². The van der Waals surface area contributed by atoms with Crippen molar-refractivity contribution in [2.24, 2.45) is 0 Å². The number of hydrogen-bond acceptors (Lipinski definition) is 3. The molecule has 1 heterocycles. The average Bonchev–Trinajstić information content (AvgIpc) is 3.02. The van der Waals surface area contributed by atoms with E-state index in [1.54, 1.807) is 0 Å². The van der Waals surface area contributed by atoms with Gasteiger partial charge in [-0.3, -0.25) is 4.90 Å². The Hall–Kier alpha value is 0.01000. The highest BCUT2D eigenvalue weighted by molar-refractivity contribution is 7.99. The van der Waals surface area contributed by atoms with Crippen molar-refractivity contribution in [3.63, 3.8) is 0 Å². The molecule has 2 nitrogen and oxygen atoms in total. The van der Waals surface area contributed by atoms with Crippen molar-refractivity contribution < 1.29 is 0 Å². The molecule has 1 aliphatic carbocycles. The molecule has 2 rings (SSSR count). The summed E-state index contributed by atoms with van der Waals surface area (Å²) in [5, 5.41) is 3.59. The molecule has 14 heavy (non-hydrogen) atoms. The zero-order chi connectivity index (χ0) is 9.80. The van der Waals surface area contributed by atoms with E-state index in [-0.39, 0.29) is 0 Å². The summed E-state index contributed by atoms with van der Waals surface area (Å²) in [6.45, 7) is 7.29. The van der Waals surface area contributed by atoms with Gasteiger partial charge in [-0.05, 0) is 12.8 Å². The molecule has 0 spiro atoms. The Morgan fingerprint density at radius 3 is 2.93 bits per heavy atom. The molecule has 0 amide bonds. The first-order chi connectivity index (χ1) is 6.90. The third-order valence-corrected chi connectivity index (χ3v) is 4.01. The second-order valence-corrected chi connectivity index (χ2v) is 5.35. The molecule has 1 aliphatic heterocycles. The molecule has 0 aromatic heterocycles. The molecule has 1 saturated carbocycles. The molecular formula is C11H20N2S. The summed E-state index contributed by atoms with van der Waals surface area (Å²) >= 11 is 2.08. The minimum Gasteiger partial charge on any atom is -0.311 e. The summed E-state index contributed by atoms with van der Waals surface area (Å²) in [6.07, 6.45) is 4.83. The van der Waals surface area contributed by atoms with Gasteiger partial charge >= 0.3 is 0 Å². The quantitative estimate of drug-likeness (QED) is 0.692. The Kier molecular flexibility index (Phi) is 3.90. The first-order valence-electron chi connectivity index (χ1n) is 5.56. The number of nitrogens with one attached hydrogen (secondary N) is 1. The second kappa shape index (κ2) is 5.19. The lowest BCUT2D eigenvalue weighted by Crippen LogP contribution is -2.46. The van der Waals surface area contributed by atoms with Crippen molar-refractivity contribution in [3.8, 4) is 0 Å². The summed E-state index contributed by atoms with van der Waals surface area (Å²) in [6, 6.07) is 1.57. The van der Waals surface area contributed by atoms with Crippen LogP contribution in [0.15, 0.2) is 12.7 Å². The maximum atomic E-state index is 3.84. The van der Waals surface area contributed by atoms with E-state index in [1.807, 2.05) is 6.08 Å². The van der Waals surface area contributed by atoms with E-state index in [4.69, 9.17) is 0 Å². The molecule has 0 bridgehead atoms. The molecular weight excluding hydrogens is 192 g/mol.